The molecule has 4 aliphatic carbocycles. The summed E-state index contributed by atoms with van der Waals surface area (Å²) in [5.74, 6) is 2.19. The van der Waals surface area contributed by atoms with E-state index in [-0.39, 0.29) is 12.2 Å². The molecule has 6 heteroatoms. The van der Waals surface area contributed by atoms with E-state index >= 15 is 0 Å². The molecule has 2 aromatic carbocycles. The van der Waals surface area contributed by atoms with E-state index in [0.29, 0.717) is 13.2 Å². The number of aliphatic hydroxyl groups excluding tert-OH is 2. The molecule has 0 spiro atoms. The fourth-order valence-corrected chi connectivity index (χ4v) is 7.46. The van der Waals surface area contributed by atoms with Gasteiger partial charge in [0.15, 0.2) is 6.29 Å². The fourth-order valence-electron chi connectivity index (χ4n) is 7.46. The third-order valence-electron chi connectivity index (χ3n) is 8.72. The van der Waals surface area contributed by atoms with E-state index in [9.17, 15) is 10.2 Å². The standard InChI is InChI=1S/C30H38O6/c31-17-25-26(32)27(33-18-20-7-3-1-4-8-20)28(34-19-21-9-5-2-6-10-21)29(35-25)36-30-14-22-11-23(15-30)13-24(12-22)16-30/h1-10,22-29,31-32H,11-19H2/t22?,23?,24?,25?,26-,27?,28+,29-,30?/m0/s1. The van der Waals surface area contributed by atoms with Crippen molar-refractivity contribution in [1.82, 2.24) is 0 Å². The van der Waals surface area contributed by atoms with Gasteiger partial charge in [0.1, 0.15) is 24.4 Å². The van der Waals surface area contributed by atoms with Gasteiger partial charge in [-0.3, -0.25) is 0 Å². The lowest BCUT2D eigenvalue weighted by molar-refractivity contribution is -0.354. The van der Waals surface area contributed by atoms with Crippen LogP contribution in [0.4, 0.5) is 0 Å². The van der Waals surface area contributed by atoms with Crippen LogP contribution in [0.1, 0.15) is 49.7 Å². The van der Waals surface area contributed by atoms with Gasteiger partial charge in [-0.1, -0.05) is 60.7 Å². The highest BCUT2D eigenvalue weighted by molar-refractivity contribution is 5.15. The molecule has 1 heterocycles. The highest BCUT2D eigenvalue weighted by Gasteiger charge is 2.56. The minimum Gasteiger partial charge on any atom is -0.394 e. The summed E-state index contributed by atoms with van der Waals surface area (Å²) in [6.45, 7) is 0.381. The first-order chi connectivity index (χ1) is 17.6. The largest absolute Gasteiger partial charge is 0.394 e. The van der Waals surface area contributed by atoms with Gasteiger partial charge in [-0.25, -0.2) is 0 Å². The Morgan fingerprint density at radius 2 is 1.25 bits per heavy atom. The molecule has 5 aliphatic rings. The molecule has 0 amide bonds. The molecule has 1 saturated heterocycles. The summed E-state index contributed by atoms with van der Waals surface area (Å²) in [7, 11) is 0. The molecule has 4 saturated carbocycles. The lowest BCUT2D eigenvalue weighted by atomic mass is 9.54. The van der Waals surface area contributed by atoms with Gasteiger partial charge < -0.3 is 29.2 Å². The number of hydrogen-bond acceptors (Lipinski definition) is 6. The molecule has 2 aromatic rings. The Labute approximate surface area is 213 Å². The van der Waals surface area contributed by atoms with Crippen molar-refractivity contribution < 1.29 is 29.2 Å². The predicted octanol–water partition coefficient (Wildman–Crippen LogP) is 4.22. The lowest BCUT2D eigenvalue weighted by Crippen LogP contribution is -2.63. The van der Waals surface area contributed by atoms with Crippen molar-refractivity contribution in [3.05, 3.63) is 71.8 Å². The van der Waals surface area contributed by atoms with Crippen molar-refractivity contribution >= 4 is 0 Å². The van der Waals surface area contributed by atoms with Crippen LogP contribution in [0.5, 0.6) is 0 Å². The molecule has 6 nitrogen and oxygen atoms in total. The van der Waals surface area contributed by atoms with Crippen molar-refractivity contribution in [2.24, 2.45) is 17.8 Å². The monoisotopic (exact) mass is 494 g/mol. The van der Waals surface area contributed by atoms with E-state index in [1.807, 2.05) is 60.7 Å². The Balaban J connectivity index is 1.25. The average molecular weight is 495 g/mol. The second-order valence-electron chi connectivity index (χ2n) is 11.5. The minimum atomic E-state index is -1.03. The summed E-state index contributed by atoms with van der Waals surface area (Å²) in [6.07, 6.45) is 3.29. The van der Waals surface area contributed by atoms with Crippen molar-refractivity contribution in [1.29, 1.82) is 0 Å². The van der Waals surface area contributed by atoms with Gasteiger partial charge in [0.05, 0.1) is 25.4 Å². The number of hydrogen-bond donors (Lipinski definition) is 2. The number of ether oxygens (including phenoxy) is 4. The van der Waals surface area contributed by atoms with Crippen LogP contribution in [0.3, 0.4) is 0 Å². The van der Waals surface area contributed by atoms with Crippen LogP contribution in [0.25, 0.3) is 0 Å². The molecule has 194 valence electrons. The molecule has 1 aliphatic heterocycles. The van der Waals surface area contributed by atoms with Gasteiger partial charge in [-0.15, -0.1) is 0 Å². The molecular formula is C30H38O6. The first kappa shape index (κ1) is 24.5. The highest BCUT2D eigenvalue weighted by atomic mass is 16.7. The van der Waals surface area contributed by atoms with Crippen LogP contribution in [-0.4, -0.2) is 53.1 Å². The molecule has 4 bridgehead atoms. The maximum Gasteiger partial charge on any atom is 0.187 e. The molecule has 5 atom stereocenters. The first-order valence-electron chi connectivity index (χ1n) is 13.5. The lowest BCUT2D eigenvalue weighted by Gasteiger charge is -2.58. The second kappa shape index (κ2) is 10.5. The Kier molecular flexibility index (Phi) is 7.17. The molecule has 2 N–H and O–H groups in total. The Morgan fingerprint density at radius 1 is 0.750 bits per heavy atom. The van der Waals surface area contributed by atoms with E-state index in [4.69, 9.17) is 18.9 Å². The third kappa shape index (κ3) is 5.13. The number of benzene rings is 2. The molecule has 36 heavy (non-hydrogen) atoms. The summed E-state index contributed by atoms with van der Waals surface area (Å²) >= 11 is 0. The molecule has 0 radical (unpaired) electrons. The molecule has 7 rings (SSSR count). The number of aliphatic hydroxyl groups is 2. The van der Waals surface area contributed by atoms with Gasteiger partial charge in [-0.05, 0) is 67.4 Å². The van der Waals surface area contributed by atoms with Gasteiger partial charge in [0, 0.05) is 0 Å². The second-order valence-corrected chi connectivity index (χ2v) is 11.5. The van der Waals surface area contributed by atoms with E-state index in [1.165, 1.54) is 19.3 Å². The Morgan fingerprint density at radius 3 is 1.75 bits per heavy atom. The molecule has 0 aromatic heterocycles. The predicted molar refractivity (Wildman–Crippen MR) is 134 cm³/mol. The Hall–Kier alpha value is -1.80. The topological polar surface area (TPSA) is 77.4 Å². The zero-order chi connectivity index (χ0) is 24.5. The zero-order valence-electron chi connectivity index (χ0n) is 20.8. The normalized spacial score (nSPS) is 39.4. The van der Waals surface area contributed by atoms with Crippen LogP contribution < -0.4 is 0 Å². The Bertz CT molecular complexity index is 946. The zero-order valence-corrected chi connectivity index (χ0v) is 20.8. The van der Waals surface area contributed by atoms with Crippen molar-refractivity contribution in [3.63, 3.8) is 0 Å². The summed E-state index contributed by atoms with van der Waals surface area (Å²) in [4.78, 5) is 0. The van der Waals surface area contributed by atoms with Crippen LogP contribution in [-0.2, 0) is 32.2 Å². The average Bonchev–Trinajstić information content (AvgIpc) is 2.88. The van der Waals surface area contributed by atoms with Gasteiger partial charge in [0.2, 0.25) is 0 Å². The summed E-state index contributed by atoms with van der Waals surface area (Å²) in [5.41, 5.74) is 1.84. The van der Waals surface area contributed by atoms with Crippen LogP contribution in [0, 0.1) is 17.8 Å². The van der Waals surface area contributed by atoms with E-state index < -0.39 is 30.7 Å². The quantitative estimate of drug-likeness (QED) is 0.544. The van der Waals surface area contributed by atoms with Gasteiger partial charge in [0.25, 0.3) is 0 Å². The summed E-state index contributed by atoms with van der Waals surface area (Å²) < 4.78 is 25.9. The van der Waals surface area contributed by atoms with E-state index in [2.05, 4.69) is 0 Å². The third-order valence-corrected chi connectivity index (χ3v) is 8.72. The fraction of sp³-hybridized carbons (Fsp3) is 0.600. The van der Waals surface area contributed by atoms with E-state index in [1.54, 1.807) is 0 Å². The maximum atomic E-state index is 11.2. The summed E-state index contributed by atoms with van der Waals surface area (Å²) in [5, 5.41) is 21.2. The highest BCUT2D eigenvalue weighted by Crippen LogP contribution is 2.57. The SMILES string of the molecule is OCC1O[C@@H](OC23CC4CC(CC(C4)C2)C3)[C@H](OCc2ccccc2)C(OCc2ccccc2)[C@H]1O. The molecule has 5 fully saturated rings. The van der Waals surface area contributed by atoms with Crippen LogP contribution in [0.15, 0.2) is 60.7 Å². The first-order valence-corrected chi connectivity index (χ1v) is 13.5. The van der Waals surface area contributed by atoms with Crippen molar-refractivity contribution in [2.45, 2.75) is 88.0 Å². The van der Waals surface area contributed by atoms with Gasteiger partial charge in [-0.2, -0.15) is 0 Å². The van der Waals surface area contributed by atoms with Crippen LogP contribution in [0.2, 0.25) is 0 Å². The summed E-state index contributed by atoms with van der Waals surface area (Å²) in [6, 6.07) is 19.9. The molecule has 2 unspecified atom stereocenters. The maximum absolute atomic E-state index is 11.2. The van der Waals surface area contributed by atoms with Gasteiger partial charge >= 0.3 is 0 Å². The van der Waals surface area contributed by atoms with Crippen molar-refractivity contribution in [2.75, 3.05) is 6.61 Å². The molecular weight excluding hydrogens is 456 g/mol. The minimum absolute atomic E-state index is 0.208. The van der Waals surface area contributed by atoms with Crippen LogP contribution >= 0.6 is 0 Å². The van der Waals surface area contributed by atoms with E-state index in [0.717, 1.165) is 48.1 Å². The smallest absolute Gasteiger partial charge is 0.187 e. The number of rotatable bonds is 9. The van der Waals surface area contributed by atoms with Crippen molar-refractivity contribution in [3.8, 4) is 0 Å².